The van der Waals surface area contributed by atoms with Gasteiger partial charge in [0.2, 0.25) is 0 Å². The molecule has 1 unspecified atom stereocenters. The third-order valence-corrected chi connectivity index (χ3v) is 3.19. The van der Waals surface area contributed by atoms with Crippen molar-refractivity contribution in [2.45, 2.75) is 77.7 Å². The second kappa shape index (κ2) is 15.0. The molecule has 21 heavy (non-hydrogen) atoms. The van der Waals surface area contributed by atoms with E-state index in [9.17, 15) is 9.59 Å². The number of allylic oxidation sites excluding steroid dienone is 4. The molecule has 0 radical (unpaired) electrons. The molecule has 0 saturated carbocycles. The average molecular weight is 294 g/mol. The van der Waals surface area contributed by atoms with Crippen molar-refractivity contribution in [3.63, 3.8) is 0 Å². The number of rotatable bonds is 13. The molecule has 0 aromatic rings. The van der Waals surface area contributed by atoms with Gasteiger partial charge < -0.3 is 4.74 Å². The minimum atomic E-state index is -0.560. The van der Waals surface area contributed by atoms with Crippen LogP contribution in [0.3, 0.4) is 0 Å². The van der Waals surface area contributed by atoms with E-state index < -0.39 is 6.10 Å². The van der Waals surface area contributed by atoms with Gasteiger partial charge in [-0.2, -0.15) is 0 Å². The van der Waals surface area contributed by atoms with E-state index in [0.29, 0.717) is 6.42 Å². The smallest absolute Gasteiger partial charge is 0.303 e. The average Bonchev–Trinajstić information content (AvgIpc) is 2.46. The fraction of sp³-hybridized carbons (Fsp3) is 0.667. The summed E-state index contributed by atoms with van der Waals surface area (Å²) in [6.07, 6.45) is 18.6. The van der Waals surface area contributed by atoms with Crippen LogP contribution < -0.4 is 0 Å². The quantitative estimate of drug-likeness (QED) is 0.213. The molecule has 0 saturated heterocycles. The summed E-state index contributed by atoms with van der Waals surface area (Å²) in [5.74, 6) is -0.385. The van der Waals surface area contributed by atoms with Crippen LogP contribution in [0.2, 0.25) is 0 Å². The number of aldehydes is 1. The number of hydrogen-bond acceptors (Lipinski definition) is 3. The van der Waals surface area contributed by atoms with Gasteiger partial charge in [-0.05, 0) is 32.1 Å². The van der Waals surface area contributed by atoms with E-state index in [1.54, 1.807) is 0 Å². The first-order valence-electron chi connectivity index (χ1n) is 8.14. The van der Waals surface area contributed by atoms with Crippen molar-refractivity contribution in [3.05, 3.63) is 24.3 Å². The third kappa shape index (κ3) is 14.8. The lowest BCUT2D eigenvalue weighted by molar-refractivity contribution is -0.149. The van der Waals surface area contributed by atoms with E-state index in [1.165, 1.54) is 32.6 Å². The SMILES string of the molecule is CCCC/C=C/C=C/CCCCCCC(C=O)OC(C)=O. The Labute approximate surface area is 129 Å². The van der Waals surface area contributed by atoms with Crippen molar-refractivity contribution in [3.8, 4) is 0 Å². The molecule has 0 N–H and O–H groups in total. The Bertz CT molecular complexity index is 318. The van der Waals surface area contributed by atoms with Crippen LogP contribution in [0, 0.1) is 0 Å². The van der Waals surface area contributed by atoms with Crippen LogP contribution >= 0.6 is 0 Å². The molecule has 0 fully saturated rings. The van der Waals surface area contributed by atoms with Gasteiger partial charge in [0, 0.05) is 6.92 Å². The van der Waals surface area contributed by atoms with Gasteiger partial charge in [0.25, 0.3) is 0 Å². The first-order chi connectivity index (χ1) is 10.2. The summed E-state index contributed by atoms with van der Waals surface area (Å²) < 4.78 is 4.87. The van der Waals surface area contributed by atoms with Gasteiger partial charge in [0.1, 0.15) is 0 Å². The van der Waals surface area contributed by atoms with Gasteiger partial charge in [-0.3, -0.25) is 9.59 Å². The second-order valence-electron chi connectivity index (χ2n) is 5.27. The monoisotopic (exact) mass is 294 g/mol. The highest BCUT2D eigenvalue weighted by Crippen LogP contribution is 2.09. The number of hydrogen-bond donors (Lipinski definition) is 0. The molecule has 0 bridgehead atoms. The van der Waals surface area contributed by atoms with Crippen LogP contribution in [0.15, 0.2) is 24.3 Å². The zero-order valence-electron chi connectivity index (χ0n) is 13.6. The molecule has 0 aliphatic rings. The summed E-state index contributed by atoms with van der Waals surface area (Å²) in [7, 11) is 0. The van der Waals surface area contributed by atoms with Crippen LogP contribution in [-0.4, -0.2) is 18.4 Å². The van der Waals surface area contributed by atoms with Crippen LogP contribution in [0.25, 0.3) is 0 Å². The highest BCUT2D eigenvalue weighted by molar-refractivity contribution is 5.69. The Morgan fingerprint density at radius 3 is 2.19 bits per heavy atom. The number of carbonyl (C=O) groups excluding carboxylic acids is 2. The van der Waals surface area contributed by atoms with Gasteiger partial charge in [0.15, 0.2) is 12.4 Å². The van der Waals surface area contributed by atoms with E-state index in [1.807, 2.05) is 0 Å². The number of unbranched alkanes of at least 4 members (excludes halogenated alkanes) is 6. The first-order valence-corrected chi connectivity index (χ1v) is 8.14. The van der Waals surface area contributed by atoms with Crippen LogP contribution in [0.5, 0.6) is 0 Å². The zero-order valence-corrected chi connectivity index (χ0v) is 13.6. The van der Waals surface area contributed by atoms with Crippen molar-refractivity contribution in [1.82, 2.24) is 0 Å². The molecule has 0 aliphatic heterocycles. The van der Waals surface area contributed by atoms with E-state index in [2.05, 4.69) is 31.2 Å². The summed E-state index contributed by atoms with van der Waals surface area (Å²) in [5, 5.41) is 0. The predicted octanol–water partition coefficient (Wildman–Crippen LogP) is 4.76. The summed E-state index contributed by atoms with van der Waals surface area (Å²) in [4.78, 5) is 21.4. The number of esters is 1. The van der Waals surface area contributed by atoms with Crippen molar-refractivity contribution < 1.29 is 14.3 Å². The number of ether oxygens (including phenoxy) is 1. The Morgan fingerprint density at radius 1 is 1.00 bits per heavy atom. The molecule has 3 heteroatoms. The topological polar surface area (TPSA) is 43.4 Å². The molecule has 0 heterocycles. The molecule has 0 rings (SSSR count). The van der Waals surface area contributed by atoms with E-state index in [-0.39, 0.29) is 5.97 Å². The summed E-state index contributed by atoms with van der Waals surface area (Å²) >= 11 is 0. The zero-order chi connectivity index (χ0) is 15.8. The maximum atomic E-state index is 10.7. The summed E-state index contributed by atoms with van der Waals surface area (Å²) in [6, 6.07) is 0. The summed E-state index contributed by atoms with van der Waals surface area (Å²) in [6.45, 7) is 3.53. The molecule has 0 spiro atoms. The fourth-order valence-corrected chi connectivity index (χ4v) is 2.00. The van der Waals surface area contributed by atoms with Crippen molar-refractivity contribution in [1.29, 1.82) is 0 Å². The van der Waals surface area contributed by atoms with Crippen molar-refractivity contribution in [2.24, 2.45) is 0 Å². The molecule has 0 amide bonds. The van der Waals surface area contributed by atoms with Crippen molar-refractivity contribution in [2.75, 3.05) is 0 Å². The Hall–Kier alpha value is -1.38. The lowest BCUT2D eigenvalue weighted by Crippen LogP contribution is -2.17. The molecule has 0 aromatic carbocycles. The molecule has 0 aliphatic carbocycles. The van der Waals surface area contributed by atoms with Crippen LogP contribution in [-0.2, 0) is 14.3 Å². The van der Waals surface area contributed by atoms with E-state index in [0.717, 1.165) is 32.0 Å². The van der Waals surface area contributed by atoms with E-state index >= 15 is 0 Å². The van der Waals surface area contributed by atoms with Crippen LogP contribution in [0.1, 0.15) is 71.6 Å². The Balaban J connectivity index is 3.43. The van der Waals surface area contributed by atoms with Gasteiger partial charge in [-0.25, -0.2) is 0 Å². The molecule has 3 nitrogen and oxygen atoms in total. The molecule has 0 aromatic heterocycles. The standard InChI is InChI=1S/C18H30O3/c1-3-4-5-6-7-8-9-10-11-12-13-14-15-18(16-19)21-17(2)20/h6-9,16,18H,3-5,10-15H2,1-2H3/b7-6+,9-8+. The Morgan fingerprint density at radius 2 is 1.62 bits per heavy atom. The molecule has 1 atom stereocenters. The molecular formula is C18H30O3. The maximum absolute atomic E-state index is 10.7. The molecule has 120 valence electrons. The summed E-state index contributed by atoms with van der Waals surface area (Å²) in [5.41, 5.74) is 0. The first kappa shape index (κ1) is 19.6. The highest BCUT2D eigenvalue weighted by Gasteiger charge is 2.09. The van der Waals surface area contributed by atoms with Crippen molar-refractivity contribution >= 4 is 12.3 Å². The fourth-order valence-electron chi connectivity index (χ4n) is 2.00. The van der Waals surface area contributed by atoms with Gasteiger partial charge in [-0.15, -0.1) is 0 Å². The Kier molecular flexibility index (Phi) is 14.0. The van der Waals surface area contributed by atoms with E-state index in [4.69, 9.17) is 4.74 Å². The number of carbonyl (C=O) groups is 2. The van der Waals surface area contributed by atoms with Gasteiger partial charge >= 0.3 is 5.97 Å². The largest absolute Gasteiger partial charge is 0.455 e. The minimum absolute atomic E-state index is 0.385. The molecular weight excluding hydrogens is 264 g/mol. The lowest BCUT2D eigenvalue weighted by Gasteiger charge is -2.09. The van der Waals surface area contributed by atoms with Gasteiger partial charge in [0.05, 0.1) is 0 Å². The highest BCUT2D eigenvalue weighted by atomic mass is 16.5. The maximum Gasteiger partial charge on any atom is 0.303 e. The normalized spacial score (nSPS) is 12.9. The van der Waals surface area contributed by atoms with Crippen LogP contribution in [0.4, 0.5) is 0 Å². The predicted molar refractivity (Wildman–Crippen MR) is 87.1 cm³/mol. The van der Waals surface area contributed by atoms with Gasteiger partial charge in [-0.1, -0.05) is 56.9 Å². The lowest BCUT2D eigenvalue weighted by atomic mass is 10.1. The third-order valence-electron chi connectivity index (χ3n) is 3.19. The minimum Gasteiger partial charge on any atom is -0.455 e. The second-order valence-corrected chi connectivity index (χ2v) is 5.27.